The molecule has 7 heteroatoms. The largest absolute Gasteiger partial charge is 0.378 e. The molecule has 0 unspecified atom stereocenters. The van der Waals surface area contributed by atoms with Crippen LogP contribution in [0.15, 0.2) is 22.7 Å². The summed E-state index contributed by atoms with van der Waals surface area (Å²) in [5, 5.41) is 3.97. The van der Waals surface area contributed by atoms with E-state index in [0.717, 1.165) is 10.2 Å². The van der Waals surface area contributed by atoms with E-state index in [1.807, 2.05) is 18.2 Å². The summed E-state index contributed by atoms with van der Waals surface area (Å²) >= 11 is 9.39. The lowest BCUT2D eigenvalue weighted by molar-refractivity contribution is 0.426. The zero-order valence-electron chi connectivity index (χ0n) is 10.3. The van der Waals surface area contributed by atoms with E-state index in [4.69, 9.17) is 17.3 Å². The van der Waals surface area contributed by atoms with Crippen molar-refractivity contribution in [2.75, 3.05) is 23.4 Å². The molecule has 0 aromatic heterocycles. The molecule has 1 saturated heterocycles. The Balaban J connectivity index is 2.17. The molecule has 1 fully saturated rings. The third-order valence-electron chi connectivity index (χ3n) is 3.50. The fourth-order valence-electron chi connectivity index (χ4n) is 2.19. The maximum atomic E-state index is 11.5. The number of rotatable bonds is 3. The molecule has 0 bridgehead atoms. The highest BCUT2D eigenvalue weighted by Gasteiger charge is 2.36. The highest BCUT2D eigenvalue weighted by Crippen LogP contribution is 2.31. The van der Waals surface area contributed by atoms with Crippen LogP contribution in [0.4, 0.5) is 5.69 Å². The molecule has 0 saturated carbocycles. The Bertz CT molecular complexity index is 563. The van der Waals surface area contributed by atoms with E-state index >= 15 is 0 Å². The molecule has 0 aliphatic carbocycles. The van der Waals surface area contributed by atoms with Gasteiger partial charge in [-0.1, -0.05) is 11.6 Å². The molecule has 3 N–H and O–H groups in total. The maximum absolute atomic E-state index is 11.5. The minimum atomic E-state index is -2.90. The molecule has 0 atom stereocenters. The van der Waals surface area contributed by atoms with Crippen LogP contribution in [0.2, 0.25) is 5.02 Å². The molecule has 0 amide bonds. The molecule has 2 rings (SSSR count). The Hall–Kier alpha value is -0.300. The van der Waals surface area contributed by atoms with Gasteiger partial charge < -0.3 is 11.1 Å². The van der Waals surface area contributed by atoms with E-state index in [1.54, 1.807) is 0 Å². The van der Waals surface area contributed by atoms with Gasteiger partial charge in [0.15, 0.2) is 9.84 Å². The van der Waals surface area contributed by atoms with Crippen molar-refractivity contribution in [1.82, 2.24) is 0 Å². The number of benzene rings is 1. The van der Waals surface area contributed by atoms with Crippen molar-refractivity contribution in [2.24, 2.45) is 5.73 Å². The Morgan fingerprint density at radius 1 is 1.37 bits per heavy atom. The summed E-state index contributed by atoms with van der Waals surface area (Å²) in [4.78, 5) is 0. The standard InChI is InChI=1S/C12H16BrClN2O2S/c13-10-2-1-9(7-11(10)14)16-12(8-15)3-5-19(17,18)6-4-12/h1-2,7,16H,3-6,8,15H2. The van der Waals surface area contributed by atoms with Gasteiger partial charge >= 0.3 is 0 Å². The molecule has 0 spiro atoms. The molecular formula is C12H16BrClN2O2S. The average Bonchev–Trinajstić information content (AvgIpc) is 2.37. The van der Waals surface area contributed by atoms with Crippen molar-refractivity contribution in [1.29, 1.82) is 0 Å². The van der Waals surface area contributed by atoms with Crippen LogP contribution in [0.25, 0.3) is 0 Å². The lowest BCUT2D eigenvalue weighted by Gasteiger charge is -2.37. The van der Waals surface area contributed by atoms with E-state index in [-0.39, 0.29) is 17.0 Å². The molecule has 1 aliphatic heterocycles. The van der Waals surface area contributed by atoms with Crippen LogP contribution in [0.3, 0.4) is 0 Å². The fraction of sp³-hybridized carbons (Fsp3) is 0.500. The van der Waals surface area contributed by atoms with E-state index in [9.17, 15) is 8.42 Å². The molecule has 1 aromatic rings. The topological polar surface area (TPSA) is 72.2 Å². The van der Waals surface area contributed by atoms with E-state index in [2.05, 4.69) is 21.2 Å². The van der Waals surface area contributed by atoms with Gasteiger partial charge in [0.1, 0.15) is 0 Å². The van der Waals surface area contributed by atoms with Crippen LogP contribution in [0, 0.1) is 0 Å². The number of nitrogens with one attached hydrogen (secondary N) is 1. The number of hydrogen-bond acceptors (Lipinski definition) is 4. The lowest BCUT2D eigenvalue weighted by Crippen LogP contribution is -2.51. The third-order valence-corrected chi connectivity index (χ3v) is 6.39. The van der Waals surface area contributed by atoms with Crippen LogP contribution < -0.4 is 11.1 Å². The van der Waals surface area contributed by atoms with Gasteiger partial charge in [-0.25, -0.2) is 8.42 Å². The Morgan fingerprint density at radius 3 is 2.53 bits per heavy atom. The molecule has 19 heavy (non-hydrogen) atoms. The van der Waals surface area contributed by atoms with Crippen LogP contribution in [-0.4, -0.2) is 32.0 Å². The number of nitrogens with two attached hydrogens (primary N) is 1. The van der Waals surface area contributed by atoms with Crippen LogP contribution in [0.5, 0.6) is 0 Å². The third kappa shape index (κ3) is 3.62. The predicted octanol–water partition coefficient (Wildman–Crippen LogP) is 2.42. The summed E-state index contributed by atoms with van der Waals surface area (Å²) in [5.74, 6) is 0.364. The van der Waals surface area contributed by atoms with Gasteiger partial charge in [0.05, 0.1) is 22.1 Å². The summed E-state index contributed by atoms with van der Waals surface area (Å²) in [6, 6.07) is 5.57. The summed E-state index contributed by atoms with van der Waals surface area (Å²) in [5.41, 5.74) is 6.34. The van der Waals surface area contributed by atoms with Gasteiger partial charge in [-0.2, -0.15) is 0 Å². The highest BCUT2D eigenvalue weighted by atomic mass is 79.9. The SMILES string of the molecule is NCC1(Nc2ccc(Br)c(Cl)c2)CCS(=O)(=O)CC1. The second kappa shape index (κ2) is 5.60. The maximum Gasteiger partial charge on any atom is 0.150 e. The first kappa shape index (κ1) is 15.1. The number of anilines is 1. The van der Waals surface area contributed by atoms with Crippen LogP contribution >= 0.6 is 27.5 Å². The minimum absolute atomic E-state index is 0.182. The van der Waals surface area contributed by atoms with Crippen LogP contribution in [0.1, 0.15) is 12.8 Å². The molecule has 106 valence electrons. The number of sulfone groups is 1. The van der Waals surface area contributed by atoms with Crippen molar-refractivity contribution in [3.8, 4) is 0 Å². The first-order valence-corrected chi connectivity index (χ1v) is 8.99. The van der Waals surface area contributed by atoms with Crippen molar-refractivity contribution in [3.05, 3.63) is 27.7 Å². The van der Waals surface area contributed by atoms with E-state index in [0.29, 0.717) is 24.4 Å². The highest BCUT2D eigenvalue weighted by molar-refractivity contribution is 9.10. The van der Waals surface area contributed by atoms with Crippen molar-refractivity contribution in [3.63, 3.8) is 0 Å². The molecule has 4 nitrogen and oxygen atoms in total. The summed E-state index contributed by atoms with van der Waals surface area (Å²) in [6.07, 6.45) is 1.05. The summed E-state index contributed by atoms with van der Waals surface area (Å²) in [7, 11) is -2.90. The average molecular weight is 368 g/mol. The predicted molar refractivity (Wildman–Crippen MR) is 82.4 cm³/mol. The lowest BCUT2D eigenvalue weighted by atomic mass is 9.92. The second-order valence-electron chi connectivity index (χ2n) is 4.89. The van der Waals surface area contributed by atoms with Crippen molar-refractivity contribution >= 4 is 43.1 Å². The van der Waals surface area contributed by atoms with Gasteiger partial charge in [0, 0.05) is 16.7 Å². The zero-order chi connectivity index (χ0) is 14.1. The zero-order valence-corrected chi connectivity index (χ0v) is 13.5. The monoisotopic (exact) mass is 366 g/mol. The molecule has 1 aliphatic rings. The molecule has 0 radical (unpaired) electrons. The minimum Gasteiger partial charge on any atom is -0.378 e. The molecule has 1 heterocycles. The van der Waals surface area contributed by atoms with Gasteiger partial charge in [0.2, 0.25) is 0 Å². The molecular weight excluding hydrogens is 352 g/mol. The van der Waals surface area contributed by atoms with Gasteiger partial charge in [-0.05, 0) is 47.0 Å². The Labute approximate surface area is 126 Å². The van der Waals surface area contributed by atoms with Gasteiger partial charge in [-0.15, -0.1) is 0 Å². The van der Waals surface area contributed by atoms with Gasteiger partial charge in [0.25, 0.3) is 0 Å². The van der Waals surface area contributed by atoms with Crippen molar-refractivity contribution in [2.45, 2.75) is 18.4 Å². The summed E-state index contributed by atoms with van der Waals surface area (Å²) in [6.45, 7) is 0.399. The van der Waals surface area contributed by atoms with E-state index in [1.165, 1.54) is 0 Å². The van der Waals surface area contributed by atoms with Crippen molar-refractivity contribution < 1.29 is 8.42 Å². The number of hydrogen-bond donors (Lipinski definition) is 2. The first-order valence-electron chi connectivity index (χ1n) is 6.00. The normalized spacial score (nSPS) is 21.0. The second-order valence-corrected chi connectivity index (χ2v) is 8.46. The van der Waals surface area contributed by atoms with E-state index < -0.39 is 9.84 Å². The quantitative estimate of drug-likeness (QED) is 0.860. The molecule has 1 aromatic carbocycles. The Morgan fingerprint density at radius 2 is 2.00 bits per heavy atom. The first-order chi connectivity index (χ1) is 8.86. The summed E-state index contributed by atoms with van der Waals surface area (Å²) < 4.78 is 23.8. The van der Waals surface area contributed by atoms with Gasteiger partial charge in [-0.3, -0.25) is 0 Å². The van der Waals surface area contributed by atoms with Crippen LogP contribution in [-0.2, 0) is 9.84 Å². The number of halogens is 2. The fourth-order valence-corrected chi connectivity index (χ4v) is 4.22. The Kier molecular flexibility index (Phi) is 4.45. The smallest absolute Gasteiger partial charge is 0.150 e.